The zero-order chi connectivity index (χ0) is 38.9. The van der Waals surface area contributed by atoms with Crippen molar-refractivity contribution in [2.45, 2.75) is 37.5 Å². The number of rotatable bonds is 11. The number of aliphatic carboxylic acids is 1. The van der Waals surface area contributed by atoms with Crippen LogP contribution in [-0.2, 0) is 30.0 Å². The second kappa shape index (κ2) is 17.5. The number of hydrogen-bond acceptors (Lipinski definition) is 9. The molecule has 1 aliphatic rings. The number of aromatic nitrogens is 2. The highest BCUT2D eigenvalue weighted by Crippen LogP contribution is 2.42. The second-order valence-corrected chi connectivity index (χ2v) is 11.7. The number of methoxy groups -OCH3 is 2. The van der Waals surface area contributed by atoms with Crippen LogP contribution < -0.4 is 30.0 Å². The quantitative estimate of drug-likeness (QED) is 0.135. The van der Waals surface area contributed by atoms with Crippen LogP contribution in [0.3, 0.4) is 0 Å². The Morgan fingerprint density at radius 3 is 1.98 bits per heavy atom. The van der Waals surface area contributed by atoms with Gasteiger partial charge in [-0.05, 0) is 68.3 Å². The van der Waals surface area contributed by atoms with E-state index in [0.29, 0.717) is 53.1 Å². The van der Waals surface area contributed by atoms with Crippen molar-refractivity contribution in [1.82, 2.24) is 15.3 Å². The molecule has 53 heavy (non-hydrogen) atoms. The third-order valence-corrected chi connectivity index (χ3v) is 7.98. The lowest BCUT2D eigenvalue weighted by molar-refractivity contribution is -0.142. The third kappa shape index (κ3) is 10.6. The fraction of sp³-hybridized carbons (Fsp3) is 0.314. The maximum Gasteiger partial charge on any atom is 0.433 e. The lowest BCUT2D eigenvalue weighted by Gasteiger charge is -2.24. The number of nitrogens with one attached hydrogen (secondary N) is 1. The molecule has 2 aromatic heterocycles. The number of halogens is 7. The zero-order valence-electron chi connectivity index (χ0n) is 28.1. The van der Waals surface area contributed by atoms with E-state index in [0.717, 1.165) is 12.1 Å². The fourth-order valence-electron chi connectivity index (χ4n) is 5.08. The van der Waals surface area contributed by atoms with Crippen LogP contribution in [0.5, 0.6) is 29.0 Å². The number of nitrogens with two attached hydrogens (primary N) is 1. The number of ether oxygens (including phenoxy) is 4. The summed E-state index contributed by atoms with van der Waals surface area (Å²) in [6.45, 7) is 0.739. The summed E-state index contributed by atoms with van der Waals surface area (Å²) >= 11 is 6.32. The van der Waals surface area contributed by atoms with Crippen molar-refractivity contribution in [3.8, 4) is 29.0 Å². The van der Waals surface area contributed by atoms with Gasteiger partial charge in [0.15, 0.2) is 0 Å². The van der Waals surface area contributed by atoms with Crippen LogP contribution in [0.2, 0.25) is 5.02 Å². The minimum absolute atomic E-state index is 0.0183. The summed E-state index contributed by atoms with van der Waals surface area (Å²) in [6.07, 6.45) is -8.04. The molecule has 11 nitrogen and oxygen atoms in total. The first-order chi connectivity index (χ1) is 25.0. The number of alkyl halides is 6. The number of carbonyl (C=O) groups is 2. The van der Waals surface area contributed by atoms with Gasteiger partial charge in [-0.25, -0.2) is 9.97 Å². The van der Waals surface area contributed by atoms with Gasteiger partial charge in [-0.1, -0.05) is 23.7 Å². The highest BCUT2D eigenvalue weighted by atomic mass is 35.5. The van der Waals surface area contributed by atoms with Crippen LogP contribution in [0.1, 0.15) is 50.8 Å². The maximum atomic E-state index is 12.8. The molecule has 4 aromatic rings. The van der Waals surface area contributed by atoms with Crippen molar-refractivity contribution < 1.29 is 60.0 Å². The Hall–Kier alpha value is -5.29. The van der Waals surface area contributed by atoms with Gasteiger partial charge in [0.05, 0.1) is 31.8 Å². The van der Waals surface area contributed by atoms with E-state index in [1.54, 1.807) is 12.1 Å². The highest BCUT2D eigenvalue weighted by molar-refractivity contribution is 6.32. The number of benzene rings is 2. The van der Waals surface area contributed by atoms with E-state index in [2.05, 4.69) is 15.3 Å². The summed E-state index contributed by atoms with van der Waals surface area (Å²) in [5, 5.41) is 12.3. The normalized spacial score (nSPS) is 13.8. The van der Waals surface area contributed by atoms with Crippen molar-refractivity contribution in [3.63, 3.8) is 0 Å². The van der Waals surface area contributed by atoms with E-state index in [-0.39, 0.29) is 42.1 Å². The van der Waals surface area contributed by atoms with E-state index in [9.17, 15) is 41.0 Å². The molecule has 3 heterocycles. The number of amides is 1. The Balaban J connectivity index is 0.000000350. The molecule has 0 saturated heterocycles. The molecule has 4 N–H and O–H groups in total. The molecule has 0 bridgehead atoms. The number of hydrogen-bond donors (Lipinski definition) is 3. The van der Waals surface area contributed by atoms with E-state index in [4.69, 9.17) is 36.3 Å². The number of pyridine rings is 2. The first-order valence-electron chi connectivity index (χ1n) is 15.7. The molecule has 1 amide bonds. The van der Waals surface area contributed by atoms with Crippen molar-refractivity contribution in [1.29, 1.82) is 0 Å². The molecular weight excluding hydrogens is 738 g/mol. The Bertz CT molecular complexity index is 1910. The Morgan fingerprint density at radius 1 is 0.906 bits per heavy atom. The fourth-order valence-corrected chi connectivity index (χ4v) is 5.29. The first kappa shape index (κ1) is 40.5. The molecule has 1 unspecified atom stereocenters. The van der Waals surface area contributed by atoms with Crippen LogP contribution in [0.4, 0.5) is 26.3 Å². The number of carbonyl (C=O) groups excluding carboxylic acids is 1. The molecule has 0 radical (unpaired) electrons. The molecule has 0 aliphatic carbocycles. The maximum absolute atomic E-state index is 12.8. The topological polar surface area (TPSA) is 155 Å². The second-order valence-electron chi connectivity index (χ2n) is 11.2. The summed E-state index contributed by atoms with van der Waals surface area (Å²) < 4.78 is 96.5. The van der Waals surface area contributed by atoms with E-state index in [1.165, 1.54) is 50.6 Å². The largest absolute Gasteiger partial charge is 0.493 e. The standard InChI is InChI=1S/C26H22ClF3N2O6.C9H11F3N2O/c1-36-24-15(4-7-22(32-24)26(28,29)30)8-10-31-23(33)14-2-5-16(6-3-14)38-21-13-20-18(12-19(21)27)17(25(34)35)9-11-37-20;1-15-8-6(4-5-13)2-3-7(14-8)9(10,11)12/h2-7,12-13,17H,8-11H2,1H3,(H,31,33)(H,34,35);2-3H,4-5,13H2,1H3. The molecule has 0 spiro atoms. The zero-order valence-corrected chi connectivity index (χ0v) is 28.9. The summed E-state index contributed by atoms with van der Waals surface area (Å²) in [6, 6.07) is 13.7. The molecule has 1 atom stereocenters. The van der Waals surface area contributed by atoms with Gasteiger partial charge in [-0.3, -0.25) is 9.59 Å². The number of carboxylic acid groups (broad SMARTS) is 1. The molecule has 2 aromatic carbocycles. The minimum atomic E-state index is -4.58. The van der Waals surface area contributed by atoms with Gasteiger partial charge < -0.3 is 35.1 Å². The van der Waals surface area contributed by atoms with Crippen molar-refractivity contribution in [2.24, 2.45) is 5.73 Å². The average molecular weight is 771 g/mol. The van der Waals surface area contributed by atoms with Crippen molar-refractivity contribution >= 4 is 23.5 Å². The molecule has 1 aliphatic heterocycles. The molecule has 0 saturated carbocycles. The average Bonchev–Trinajstić information content (AvgIpc) is 3.11. The Kier molecular flexibility index (Phi) is 13.4. The van der Waals surface area contributed by atoms with Crippen LogP contribution in [0.15, 0.2) is 60.7 Å². The lowest BCUT2D eigenvalue weighted by atomic mass is 9.93. The van der Waals surface area contributed by atoms with Crippen LogP contribution in [0, 0.1) is 0 Å². The van der Waals surface area contributed by atoms with Gasteiger partial charge in [0.1, 0.15) is 28.6 Å². The van der Waals surface area contributed by atoms with Gasteiger partial charge in [0.2, 0.25) is 11.8 Å². The van der Waals surface area contributed by atoms with Gasteiger partial charge in [0.25, 0.3) is 5.91 Å². The van der Waals surface area contributed by atoms with Gasteiger partial charge >= 0.3 is 18.3 Å². The smallest absolute Gasteiger partial charge is 0.433 e. The third-order valence-electron chi connectivity index (χ3n) is 7.69. The predicted molar refractivity (Wildman–Crippen MR) is 179 cm³/mol. The van der Waals surface area contributed by atoms with Crippen molar-refractivity contribution in [3.05, 3.63) is 99.3 Å². The molecular formula is C35H33ClF6N4O7. The molecule has 18 heteroatoms. The van der Waals surface area contributed by atoms with Crippen molar-refractivity contribution in [2.75, 3.05) is 33.9 Å². The first-order valence-corrected chi connectivity index (χ1v) is 16.1. The summed E-state index contributed by atoms with van der Waals surface area (Å²) in [5.41, 5.74) is 5.10. The van der Waals surface area contributed by atoms with Gasteiger partial charge in [0, 0.05) is 34.9 Å². The number of carboxylic acids is 1. The van der Waals surface area contributed by atoms with Crippen LogP contribution in [-0.4, -0.2) is 60.9 Å². The van der Waals surface area contributed by atoms with E-state index in [1.807, 2.05) is 0 Å². The summed E-state index contributed by atoms with van der Waals surface area (Å²) in [4.78, 5) is 30.9. The van der Waals surface area contributed by atoms with E-state index >= 15 is 0 Å². The Morgan fingerprint density at radius 2 is 1.47 bits per heavy atom. The minimum Gasteiger partial charge on any atom is -0.493 e. The molecule has 0 fully saturated rings. The van der Waals surface area contributed by atoms with Gasteiger partial charge in [-0.2, -0.15) is 26.3 Å². The number of nitrogens with zero attached hydrogens (tertiary/aromatic N) is 2. The molecule has 5 rings (SSSR count). The predicted octanol–water partition coefficient (Wildman–Crippen LogP) is 7.09. The number of fused-ring (bicyclic) bond motifs is 1. The summed E-state index contributed by atoms with van der Waals surface area (Å²) in [7, 11) is 2.51. The van der Waals surface area contributed by atoms with Crippen LogP contribution >= 0.6 is 11.6 Å². The highest BCUT2D eigenvalue weighted by Gasteiger charge is 2.34. The monoisotopic (exact) mass is 770 g/mol. The lowest BCUT2D eigenvalue weighted by Crippen LogP contribution is -2.25. The van der Waals surface area contributed by atoms with E-state index < -0.39 is 41.5 Å². The van der Waals surface area contributed by atoms with Crippen LogP contribution in [0.25, 0.3) is 0 Å². The molecule has 284 valence electrons. The van der Waals surface area contributed by atoms with Gasteiger partial charge in [-0.15, -0.1) is 0 Å². The summed E-state index contributed by atoms with van der Waals surface area (Å²) in [5.74, 6) is -1.19. The SMILES string of the molecule is COc1nc(C(F)(F)F)ccc1CCN.COc1nc(C(F)(F)F)ccc1CCNC(=O)c1ccc(Oc2cc3c(cc2Cl)C(C(=O)O)CCO3)cc1. The Labute approximate surface area is 304 Å².